The van der Waals surface area contributed by atoms with Crippen LogP contribution in [0.15, 0.2) is 42.6 Å². The van der Waals surface area contributed by atoms with Crippen molar-refractivity contribution >= 4 is 16.6 Å². The highest BCUT2D eigenvalue weighted by molar-refractivity contribution is 5.79. The van der Waals surface area contributed by atoms with E-state index in [4.69, 9.17) is 0 Å². The third-order valence-electron chi connectivity index (χ3n) is 3.11. The van der Waals surface area contributed by atoms with Crippen LogP contribution >= 0.6 is 0 Å². The Morgan fingerprint density at radius 2 is 1.70 bits per heavy atom. The van der Waals surface area contributed by atoms with Gasteiger partial charge in [0.2, 0.25) is 0 Å². The first kappa shape index (κ1) is 12.6. The normalized spacial score (nSPS) is 10.9. The lowest BCUT2D eigenvalue weighted by molar-refractivity contribution is 0.496. The first-order valence-electron chi connectivity index (χ1n) is 6.08. The van der Waals surface area contributed by atoms with Gasteiger partial charge in [-0.3, -0.25) is 0 Å². The van der Waals surface area contributed by atoms with Gasteiger partial charge in [-0.15, -0.1) is 0 Å². The van der Waals surface area contributed by atoms with Gasteiger partial charge in [-0.05, 0) is 29.1 Å². The van der Waals surface area contributed by atoms with Crippen LogP contribution in [0.3, 0.4) is 0 Å². The van der Waals surface area contributed by atoms with Gasteiger partial charge < -0.3 is 10.3 Å². The molecule has 3 aromatic rings. The van der Waals surface area contributed by atoms with Crippen LogP contribution < -0.4 is 5.32 Å². The number of halogens is 3. The van der Waals surface area contributed by atoms with Crippen molar-refractivity contribution in [1.82, 2.24) is 4.98 Å². The summed E-state index contributed by atoms with van der Waals surface area (Å²) in [6, 6.07) is 9.01. The summed E-state index contributed by atoms with van der Waals surface area (Å²) in [5.41, 5.74) is 1.87. The number of H-pyrrole nitrogens is 1. The van der Waals surface area contributed by atoms with Gasteiger partial charge in [0.1, 0.15) is 5.82 Å². The monoisotopic (exact) mass is 276 g/mol. The Morgan fingerprint density at radius 3 is 2.55 bits per heavy atom. The number of hydrogen-bond donors (Lipinski definition) is 2. The zero-order valence-electron chi connectivity index (χ0n) is 10.4. The molecule has 0 saturated heterocycles. The van der Waals surface area contributed by atoms with Gasteiger partial charge in [-0.25, -0.2) is 13.2 Å². The molecule has 0 atom stereocenters. The number of aromatic nitrogens is 1. The molecule has 0 fully saturated rings. The minimum atomic E-state index is -1.19. The fourth-order valence-electron chi connectivity index (χ4n) is 2.07. The molecule has 0 spiro atoms. The number of aromatic amines is 1. The summed E-state index contributed by atoms with van der Waals surface area (Å²) in [6.07, 6.45) is 1.83. The molecule has 0 saturated carbocycles. The van der Waals surface area contributed by atoms with Crippen LogP contribution in [-0.4, -0.2) is 4.98 Å². The highest BCUT2D eigenvalue weighted by atomic mass is 19.2. The van der Waals surface area contributed by atoms with E-state index >= 15 is 0 Å². The lowest BCUT2D eigenvalue weighted by Crippen LogP contribution is -2.03. The fourth-order valence-corrected chi connectivity index (χ4v) is 2.07. The minimum Gasteiger partial charge on any atom is -0.379 e. The number of benzene rings is 2. The topological polar surface area (TPSA) is 27.8 Å². The Labute approximate surface area is 113 Å². The van der Waals surface area contributed by atoms with Crippen molar-refractivity contribution in [2.75, 3.05) is 5.32 Å². The van der Waals surface area contributed by atoms with Gasteiger partial charge in [0.15, 0.2) is 11.6 Å². The number of hydrogen-bond acceptors (Lipinski definition) is 1. The predicted molar refractivity (Wildman–Crippen MR) is 71.9 cm³/mol. The van der Waals surface area contributed by atoms with E-state index < -0.39 is 17.5 Å². The smallest absolute Gasteiger partial charge is 0.161 e. The molecule has 5 heteroatoms. The van der Waals surface area contributed by atoms with E-state index in [1.54, 1.807) is 0 Å². The lowest BCUT2D eigenvalue weighted by atomic mass is 10.1. The molecule has 0 aliphatic heterocycles. The van der Waals surface area contributed by atoms with Crippen LogP contribution in [0.2, 0.25) is 0 Å². The van der Waals surface area contributed by atoms with E-state index in [-0.39, 0.29) is 5.69 Å². The van der Waals surface area contributed by atoms with E-state index in [9.17, 15) is 13.2 Å². The maximum atomic E-state index is 13.5. The molecule has 2 aromatic carbocycles. The third-order valence-corrected chi connectivity index (χ3v) is 3.11. The highest BCUT2D eigenvalue weighted by Crippen LogP contribution is 2.20. The Balaban J connectivity index is 1.80. The van der Waals surface area contributed by atoms with Crippen molar-refractivity contribution < 1.29 is 13.2 Å². The van der Waals surface area contributed by atoms with Crippen molar-refractivity contribution in [3.05, 3.63) is 65.6 Å². The zero-order valence-corrected chi connectivity index (χ0v) is 10.4. The summed E-state index contributed by atoms with van der Waals surface area (Å²) < 4.78 is 39.3. The van der Waals surface area contributed by atoms with Crippen molar-refractivity contribution in [3.63, 3.8) is 0 Å². The molecule has 20 heavy (non-hydrogen) atoms. The number of rotatable bonds is 3. The van der Waals surface area contributed by atoms with Gasteiger partial charge in [-0.1, -0.05) is 6.07 Å². The average molecular weight is 276 g/mol. The molecule has 0 bridgehead atoms. The summed E-state index contributed by atoms with van der Waals surface area (Å²) in [6.45, 7) is 0.323. The Kier molecular flexibility index (Phi) is 3.10. The van der Waals surface area contributed by atoms with Gasteiger partial charge in [0.25, 0.3) is 0 Å². The van der Waals surface area contributed by atoms with Crippen LogP contribution in [0.1, 0.15) is 5.56 Å². The number of nitrogens with one attached hydrogen (secondary N) is 2. The molecular formula is C15H11F3N2. The van der Waals surface area contributed by atoms with E-state index in [1.807, 2.05) is 30.5 Å². The van der Waals surface area contributed by atoms with Crippen LogP contribution in [0.25, 0.3) is 10.9 Å². The zero-order chi connectivity index (χ0) is 14.1. The van der Waals surface area contributed by atoms with Crippen LogP contribution in [-0.2, 0) is 6.54 Å². The molecule has 1 aromatic heterocycles. The Bertz CT molecular complexity index is 765. The highest BCUT2D eigenvalue weighted by Gasteiger charge is 2.09. The quantitative estimate of drug-likeness (QED) is 0.689. The lowest BCUT2D eigenvalue weighted by Gasteiger charge is -2.08. The van der Waals surface area contributed by atoms with Gasteiger partial charge >= 0.3 is 0 Å². The average Bonchev–Trinajstić information content (AvgIpc) is 2.89. The van der Waals surface area contributed by atoms with Gasteiger partial charge in [0, 0.05) is 30.4 Å². The second kappa shape index (κ2) is 4.92. The molecule has 0 unspecified atom stereocenters. The van der Waals surface area contributed by atoms with Crippen molar-refractivity contribution in [2.45, 2.75) is 6.54 Å². The molecular weight excluding hydrogens is 265 g/mol. The predicted octanol–water partition coefficient (Wildman–Crippen LogP) is 4.20. The molecule has 3 rings (SSSR count). The SMILES string of the molecule is Fc1cc(F)c(NCc2ccc3[nH]ccc3c2)cc1F. The van der Waals surface area contributed by atoms with E-state index in [2.05, 4.69) is 10.3 Å². The summed E-state index contributed by atoms with van der Waals surface area (Å²) in [4.78, 5) is 3.07. The molecule has 102 valence electrons. The Hall–Kier alpha value is -2.43. The van der Waals surface area contributed by atoms with Crippen molar-refractivity contribution in [3.8, 4) is 0 Å². The number of anilines is 1. The van der Waals surface area contributed by atoms with Crippen molar-refractivity contribution in [2.24, 2.45) is 0 Å². The van der Waals surface area contributed by atoms with Crippen molar-refractivity contribution in [1.29, 1.82) is 0 Å². The summed E-state index contributed by atoms with van der Waals surface area (Å²) in [5.74, 6) is -3.08. The molecule has 1 heterocycles. The largest absolute Gasteiger partial charge is 0.379 e. The van der Waals surface area contributed by atoms with E-state index in [0.717, 1.165) is 22.5 Å². The summed E-state index contributed by atoms with van der Waals surface area (Å²) in [5, 5.41) is 3.80. The van der Waals surface area contributed by atoms with Crippen LogP contribution in [0.4, 0.5) is 18.9 Å². The summed E-state index contributed by atoms with van der Waals surface area (Å²) in [7, 11) is 0. The molecule has 2 N–H and O–H groups in total. The molecule has 0 radical (unpaired) electrons. The maximum Gasteiger partial charge on any atom is 0.161 e. The maximum absolute atomic E-state index is 13.5. The van der Waals surface area contributed by atoms with Crippen LogP contribution in [0, 0.1) is 17.5 Å². The van der Waals surface area contributed by atoms with Gasteiger partial charge in [-0.2, -0.15) is 0 Å². The second-order valence-corrected chi connectivity index (χ2v) is 4.50. The third kappa shape index (κ3) is 2.34. The minimum absolute atomic E-state index is 0.0573. The van der Waals surface area contributed by atoms with E-state index in [1.165, 1.54) is 0 Å². The molecule has 0 aliphatic carbocycles. The molecule has 0 aliphatic rings. The number of fused-ring (bicyclic) bond motifs is 1. The van der Waals surface area contributed by atoms with Gasteiger partial charge in [0.05, 0.1) is 5.69 Å². The first-order valence-corrected chi connectivity index (χ1v) is 6.08. The Morgan fingerprint density at radius 1 is 0.900 bits per heavy atom. The first-order chi connectivity index (χ1) is 9.63. The van der Waals surface area contributed by atoms with Crippen LogP contribution in [0.5, 0.6) is 0 Å². The molecule has 2 nitrogen and oxygen atoms in total. The second-order valence-electron chi connectivity index (χ2n) is 4.50. The van der Waals surface area contributed by atoms with E-state index in [0.29, 0.717) is 12.6 Å². The molecule has 0 amide bonds. The fraction of sp³-hybridized carbons (Fsp3) is 0.0667. The standard InChI is InChI=1S/C15H11F3N2/c16-11-6-13(18)15(7-12(11)17)20-8-9-1-2-14-10(5-9)3-4-19-14/h1-7,19-20H,8H2. The summed E-state index contributed by atoms with van der Waals surface area (Å²) >= 11 is 0.